The van der Waals surface area contributed by atoms with E-state index in [0.717, 1.165) is 13.0 Å². The maximum absolute atomic E-state index is 12.8. The first-order valence-corrected chi connectivity index (χ1v) is 10.3. The summed E-state index contributed by atoms with van der Waals surface area (Å²) >= 11 is 1.72. The van der Waals surface area contributed by atoms with E-state index in [2.05, 4.69) is 78.3 Å². The van der Waals surface area contributed by atoms with Gasteiger partial charge in [-0.15, -0.1) is 11.3 Å². The molecule has 4 heteroatoms. The van der Waals surface area contributed by atoms with Crippen molar-refractivity contribution in [3.63, 3.8) is 0 Å². The quantitative estimate of drug-likeness (QED) is 0.719. The highest BCUT2D eigenvalue weighted by Crippen LogP contribution is 2.26. The molecule has 0 bridgehead atoms. The van der Waals surface area contributed by atoms with Gasteiger partial charge in [-0.3, -0.25) is 10.1 Å². The van der Waals surface area contributed by atoms with Gasteiger partial charge in [0.1, 0.15) is 0 Å². The lowest BCUT2D eigenvalue weighted by Crippen LogP contribution is -2.42. The Morgan fingerprint density at radius 2 is 1.85 bits per heavy atom. The van der Waals surface area contributed by atoms with Crippen molar-refractivity contribution in [3.8, 4) is 0 Å². The third-order valence-electron chi connectivity index (χ3n) is 5.18. The molecule has 2 heterocycles. The predicted octanol–water partition coefficient (Wildman–Crippen LogP) is 4.32. The Hall–Kier alpha value is -2.43. The molecule has 3 nitrogen and oxygen atoms in total. The van der Waals surface area contributed by atoms with E-state index in [0.29, 0.717) is 13.1 Å². The van der Waals surface area contributed by atoms with Crippen LogP contribution in [0.5, 0.6) is 0 Å². The fourth-order valence-electron chi connectivity index (χ4n) is 3.61. The zero-order valence-electron chi connectivity index (χ0n) is 15.5. The van der Waals surface area contributed by atoms with Crippen molar-refractivity contribution in [2.75, 3.05) is 13.1 Å². The Labute approximate surface area is 164 Å². The second-order valence-corrected chi connectivity index (χ2v) is 8.05. The Balaban J connectivity index is 1.45. The molecule has 1 aromatic heterocycles. The summed E-state index contributed by atoms with van der Waals surface area (Å²) in [6.07, 6.45) is 0.939. The molecule has 0 saturated heterocycles. The molecule has 0 aliphatic carbocycles. The van der Waals surface area contributed by atoms with E-state index in [1.54, 1.807) is 11.3 Å². The van der Waals surface area contributed by atoms with Gasteiger partial charge in [-0.05, 0) is 41.5 Å². The topological polar surface area (TPSA) is 32.3 Å². The number of carbonyl (C=O) groups excluding carboxylic acids is 1. The minimum Gasteiger partial charge on any atom is -0.337 e. The maximum atomic E-state index is 12.8. The van der Waals surface area contributed by atoms with Crippen LogP contribution in [-0.4, -0.2) is 23.9 Å². The second-order valence-electron chi connectivity index (χ2n) is 7.07. The smallest absolute Gasteiger partial charge is 0.236 e. The Bertz CT molecular complexity index is 902. The lowest BCUT2D eigenvalue weighted by molar-refractivity contribution is -0.131. The number of hydrogen-bond donors (Lipinski definition) is 1. The summed E-state index contributed by atoms with van der Waals surface area (Å²) in [7, 11) is 0. The summed E-state index contributed by atoms with van der Waals surface area (Å²) in [4.78, 5) is 16.0. The minimum atomic E-state index is 0.0478. The molecular weight excluding hydrogens is 352 g/mol. The van der Waals surface area contributed by atoms with Crippen LogP contribution in [0.2, 0.25) is 0 Å². The van der Waals surface area contributed by atoms with Gasteiger partial charge in [0, 0.05) is 18.0 Å². The first kappa shape index (κ1) is 18.0. The first-order chi connectivity index (χ1) is 13.2. The number of aryl methyl sites for hydroxylation is 1. The largest absolute Gasteiger partial charge is 0.337 e. The van der Waals surface area contributed by atoms with Crippen molar-refractivity contribution in [1.29, 1.82) is 0 Å². The van der Waals surface area contributed by atoms with Gasteiger partial charge in [0.05, 0.1) is 12.6 Å². The van der Waals surface area contributed by atoms with Gasteiger partial charge in [-0.25, -0.2) is 0 Å². The maximum Gasteiger partial charge on any atom is 0.236 e. The van der Waals surface area contributed by atoms with E-state index in [1.807, 2.05) is 4.90 Å². The Morgan fingerprint density at radius 1 is 1.07 bits per heavy atom. The molecule has 0 fully saturated rings. The number of hydrogen-bond acceptors (Lipinski definition) is 3. The number of benzene rings is 2. The highest BCUT2D eigenvalue weighted by molar-refractivity contribution is 7.10. The van der Waals surface area contributed by atoms with Gasteiger partial charge in [0.25, 0.3) is 0 Å². The summed E-state index contributed by atoms with van der Waals surface area (Å²) in [6, 6.07) is 21.2. The molecule has 1 aliphatic heterocycles. The third-order valence-corrected chi connectivity index (χ3v) is 6.12. The van der Waals surface area contributed by atoms with Gasteiger partial charge in [0.2, 0.25) is 5.91 Å². The van der Waals surface area contributed by atoms with Crippen LogP contribution < -0.4 is 5.32 Å². The van der Waals surface area contributed by atoms with Crippen LogP contribution in [0, 0.1) is 6.92 Å². The molecule has 2 aromatic carbocycles. The monoisotopic (exact) mass is 376 g/mol. The molecule has 1 N–H and O–H groups in total. The van der Waals surface area contributed by atoms with Gasteiger partial charge < -0.3 is 4.90 Å². The van der Waals surface area contributed by atoms with E-state index in [-0.39, 0.29) is 11.9 Å². The summed E-state index contributed by atoms with van der Waals surface area (Å²) in [6.45, 7) is 3.95. The van der Waals surface area contributed by atoms with Crippen molar-refractivity contribution >= 4 is 17.2 Å². The SMILES string of the molecule is Cc1ccc([C@@H](NCC(=O)N2CCc3ccccc3C2)c2cccs2)cc1. The van der Waals surface area contributed by atoms with Gasteiger partial charge in [-0.2, -0.15) is 0 Å². The summed E-state index contributed by atoms with van der Waals surface area (Å²) in [5, 5.41) is 5.58. The van der Waals surface area contributed by atoms with Crippen LogP contribution in [-0.2, 0) is 17.8 Å². The first-order valence-electron chi connectivity index (χ1n) is 9.38. The van der Waals surface area contributed by atoms with E-state index >= 15 is 0 Å². The molecular formula is C23H24N2OS. The Morgan fingerprint density at radius 3 is 2.59 bits per heavy atom. The fraction of sp³-hybridized carbons (Fsp3) is 0.261. The standard InChI is InChI=1S/C23H24N2OS/c1-17-8-10-19(11-9-17)23(21-7-4-14-27-21)24-15-22(26)25-13-12-18-5-2-3-6-20(18)16-25/h2-11,14,23-24H,12-13,15-16H2,1H3/t23-/m1/s1. The van der Waals surface area contributed by atoms with Crippen LogP contribution in [0.4, 0.5) is 0 Å². The van der Waals surface area contributed by atoms with E-state index in [4.69, 9.17) is 0 Å². The van der Waals surface area contributed by atoms with E-state index in [9.17, 15) is 4.79 Å². The van der Waals surface area contributed by atoms with Crippen molar-refractivity contribution in [3.05, 3.63) is 93.2 Å². The molecule has 0 spiro atoms. The fourth-order valence-corrected chi connectivity index (χ4v) is 4.43. The summed E-state index contributed by atoms with van der Waals surface area (Å²) < 4.78 is 0. The number of nitrogens with one attached hydrogen (secondary N) is 1. The van der Waals surface area contributed by atoms with E-state index < -0.39 is 0 Å². The Kier molecular flexibility index (Phi) is 5.37. The third kappa shape index (κ3) is 4.12. The van der Waals surface area contributed by atoms with Crippen LogP contribution in [0.1, 0.15) is 33.2 Å². The predicted molar refractivity (Wildman–Crippen MR) is 111 cm³/mol. The van der Waals surface area contributed by atoms with Crippen molar-refractivity contribution in [2.24, 2.45) is 0 Å². The van der Waals surface area contributed by atoms with Crippen molar-refractivity contribution in [2.45, 2.75) is 25.9 Å². The lowest BCUT2D eigenvalue weighted by Gasteiger charge is -2.29. The van der Waals surface area contributed by atoms with Crippen molar-refractivity contribution in [1.82, 2.24) is 10.2 Å². The molecule has 138 valence electrons. The average Bonchev–Trinajstić information content (AvgIpc) is 3.23. The van der Waals surface area contributed by atoms with Gasteiger partial charge >= 0.3 is 0 Å². The molecule has 0 saturated carbocycles. The van der Waals surface area contributed by atoms with Crippen molar-refractivity contribution < 1.29 is 4.79 Å². The molecule has 3 aromatic rings. The normalized spacial score (nSPS) is 14.6. The highest BCUT2D eigenvalue weighted by Gasteiger charge is 2.22. The van der Waals surface area contributed by atoms with E-state index in [1.165, 1.54) is 27.1 Å². The molecule has 0 unspecified atom stereocenters. The minimum absolute atomic E-state index is 0.0478. The number of nitrogens with zero attached hydrogens (tertiary/aromatic N) is 1. The van der Waals surface area contributed by atoms with Crippen LogP contribution in [0.3, 0.4) is 0 Å². The van der Waals surface area contributed by atoms with Gasteiger partial charge in [0.15, 0.2) is 0 Å². The molecule has 1 amide bonds. The molecule has 0 radical (unpaired) electrons. The zero-order valence-corrected chi connectivity index (χ0v) is 16.3. The number of carbonyl (C=O) groups is 1. The zero-order chi connectivity index (χ0) is 18.6. The number of amides is 1. The lowest BCUT2D eigenvalue weighted by atomic mass is 10.00. The molecule has 4 rings (SSSR count). The number of thiophene rings is 1. The summed E-state index contributed by atoms with van der Waals surface area (Å²) in [5.74, 6) is 0.165. The molecule has 1 aliphatic rings. The van der Waals surface area contributed by atoms with Gasteiger partial charge in [-0.1, -0.05) is 60.2 Å². The molecule has 27 heavy (non-hydrogen) atoms. The van der Waals surface area contributed by atoms with Crippen LogP contribution in [0.15, 0.2) is 66.0 Å². The summed E-state index contributed by atoms with van der Waals surface area (Å²) in [5.41, 5.74) is 5.07. The average molecular weight is 377 g/mol. The number of fused-ring (bicyclic) bond motifs is 1. The molecule has 1 atom stereocenters. The van der Waals surface area contributed by atoms with Crippen LogP contribution >= 0.6 is 11.3 Å². The second kappa shape index (κ2) is 8.07. The van der Waals surface area contributed by atoms with Crippen LogP contribution in [0.25, 0.3) is 0 Å². The highest BCUT2D eigenvalue weighted by atomic mass is 32.1. The number of rotatable bonds is 5.